The lowest BCUT2D eigenvalue weighted by Crippen LogP contribution is -2.43. The number of amides is 1. The average Bonchev–Trinajstić information content (AvgIpc) is 2.86. The minimum atomic E-state index is -2.98. The first-order valence-corrected chi connectivity index (χ1v) is 10.6. The van der Waals surface area contributed by atoms with Crippen molar-refractivity contribution in [1.82, 2.24) is 5.32 Å². The van der Waals surface area contributed by atoms with Gasteiger partial charge >= 0.3 is 0 Å². The number of sulfone groups is 1. The maximum atomic E-state index is 12.7. The van der Waals surface area contributed by atoms with Crippen LogP contribution in [0.1, 0.15) is 59.3 Å². The largest absolute Gasteiger partial charge is 0.353 e. The van der Waals surface area contributed by atoms with E-state index in [1.54, 1.807) is 0 Å². The lowest BCUT2D eigenvalue weighted by atomic mass is 9.69. The van der Waals surface area contributed by atoms with E-state index in [0.29, 0.717) is 30.6 Å². The van der Waals surface area contributed by atoms with Crippen molar-refractivity contribution in [3.63, 3.8) is 0 Å². The third kappa shape index (κ3) is 4.24. The standard InChI is InChI=1S/C17H31NO3S/c1-11(2)15-8-5-12(3)9-16(15)17(19)18-13-6-7-14(10-13)22(4,20)21/h11-16H,5-10H2,1-4H3,(H,18,19)/t12-,13?,14?,15+,16-/m1/s1. The summed E-state index contributed by atoms with van der Waals surface area (Å²) in [5, 5.41) is 2.88. The minimum absolute atomic E-state index is 0.0391. The highest BCUT2D eigenvalue weighted by Crippen LogP contribution is 2.38. The van der Waals surface area contributed by atoms with Gasteiger partial charge in [-0.1, -0.05) is 27.2 Å². The summed E-state index contributed by atoms with van der Waals surface area (Å²) in [6, 6.07) is 0.0391. The molecule has 0 aromatic heterocycles. The molecule has 2 fully saturated rings. The first-order chi connectivity index (χ1) is 10.2. The molecule has 128 valence electrons. The molecule has 2 unspecified atom stereocenters. The lowest BCUT2D eigenvalue weighted by Gasteiger charge is -2.37. The Labute approximate surface area is 135 Å². The van der Waals surface area contributed by atoms with Crippen molar-refractivity contribution >= 4 is 15.7 Å². The highest BCUT2D eigenvalue weighted by Gasteiger charge is 2.38. The Kier molecular flexibility index (Phi) is 5.57. The monoisotopic (exact) mass is 329 g/mol. The zero-order valence-electron chi connectivity index (χ0n) is 14.3. The van der Waals surface area contributed by atoms with Gasteiger partial charge in [-0.15, -0.1) is 0 Å². The van der Waals surface area contributed by atoms with E-state index in [1.165, 1.54) is 12.7 Å². The van der Waals surface area contributed by atoms with Crippen molar-refractivity contribution in [1.29, 1.82) is 0 Å². The van der Waals surface area contributed by atoms with Gasteiger partial charge in [-0.25, -0.2) is 8.42 Å². The van der Waals surface area contributed by atoms with E-state index in [4.69, 9.17) is 0 Å². The van der Waals surface area contributed by atoms with Gasteiger partial charge < -0.3 is 5.32 Å². The van der Waals surface area contributed by atoms with Gasteiger partial charge in [0.05, 0.1) is 5.25 Å². The van der Waals surface area contributed by atoms with E-state index in [9.17, 15) is 13.2 Å². The Morgan fingerprint density at radius 3 is 2.32 bits per heavy atom. The molecule has 0 spiro atoms. The Bertz CT molecular complexity index is 500. The Balaban J connectivity index is 1.96. The molecular weight excluding hydrogens is 298 g/mol. The van der Waals surface area contributed by atoms with Crippen LogP contribution in [0, 0.1) is 23.7 Å². The fourth-order valence-corrected chi connectivity index (χ4v) is 5.42. The van der Waals surface area contributed by atoms with Crippen LogP contribution >= 0.6 is 0 Å². The molecule has 4 nitrogen and oxygen atoms in total. The second-order valence-corrected chi connectivity index (χ2v) is 10.2. The van der Waals surface area contributed by atoms with Crippen molar-refractivity contribution in [2.75, 3.05) is 6.26 Å². The third-order valence-corrected chi connectivity index (χ3v) is 7.33. The van der Waals surface area contributed by atoms with Crippen LogP contribution in [0.5, 0.6) is 0 Å². The first-order valence-electron chi connectivity index (χ1n) is 8.67. The van der Waals surface area contributed by atoms with Crippen molar-refractivity contribution in [3.8, 4) is 0 Å². The molecule has 2 aliphatic rings. The van der Waals surface area contributed by atoms with Crippen molar-refractivity contribution < 1.29 is 13.2 Å². The third-order valence-electron chi connectivity index (χ3n) is 5.70. The number of carbonyl (C=O) groups is 1. The Hall–Kier alpha value is -0.580. The summed E-state index contributed by atoms with van der Waals surface area (Å²) in [6.07, 6.45) is 6.67. The fourth-order valence-electron chi connectivity index (χ4n) is 4.27. The molecule has 0 heterocycles. The molecule has 0 aliphatic heterocycles. The number of rotatable bonds is 4. The van der Waals surface area contributed by atoms with Crippen LogP contribution < -0.4 is 5.32 Å². The van der Waals surface area contributed by atoms with E-state index in [2.05, 4.69) is 26.1 Å². The molecule has 2 aliphatic carbocycles. The average molecular weight is 330 g/mol. The molecule has 2 saturated carbocycles. The van der Waals surface area contributed by atoms with Gasteiger partial charge in [-0.2, -0.15) is 0 Å². The zero-order chi connectivity index (χ0) is 16.5. The van der Waals surface area contributed by atoms with Crippen LogP contribution in [0.25, 0.3) is 0 Å². The smallest absolute Gasteiger partial charge is 0.223 e. The fraction of sp³-hybridized carbons (Fsp3) is 0.941. The second-order valence-electron chi connectivity index (χ2n) is 7.90. The number of hydrogen-bond acceptors (Lipinski definition) is 3. The normalized spacial score (nSPS) is 36.5. The lowest BCUT2D eigenvalue weighted by molar-refractivity contribution is -0.130. The maximum Gasteiger partial charge on any atom is 0.223 e. The maximum absolute atomic E-state index is 12.7. The first kappa shape index (κ1) is 17.8. The van der Waals surface area contributed by atoms with E-state index in [1.807, 2.05) is 0 Å². The summed E-state index contributed by atoms with van der Waals surface area (Å²) in [4.78, 5) is 12.7. The van der Waals surface area contributed by atoms with E-state index < -0.39 is 9.84 Å². The quantitative estimate of drug-likeness (QED) is 0.862. The summed E-state index contributed by atoms with van der Waals surface area (Å²) in [5.41, 5.74) is 0. The van der Waals surface area contributed by atoms with Crippen molar-refractivity contribution in [3.05, 3.63) is 0 Å². The molecule has 0 radical (unpaired) electrons. The summed E-state index contributed by atoms with van der Waals surface area (Å²) >= 11 is 0. The van der Waals surface area contributed by atoms with Crippen molar-refractivity contribution in [2.24, 2.45) is 23.7 Å². The predicted molar refractivity (Wildman–Crippen MR) is 89.2 cm³/mol. The zero-order valence-corrected chi connectivity index (χ0v) is 15.2. The molecule has 1 amide bonds. The molecule has 0 bridgehead atoms. The van der Waals surface area contributed by atoms with Gasteiger partial charge in [-0.05, 0) is 49.9 Å². The molecule has 0 saturated heterocycles. The van der Waals surface area contributed by atoms with Crippen LogP contribution in [0.15, 0.2) is 0 Å². The minimum Gasteiger partial charge on any atom is -0.353 e. The predicted octanol–water partition coefficient (Wildman–Crippen LogP) is 2.78. The summed E-state index contributed by atoms with van der Waals surface area (Å²) in [7, 11) is -2.98. The Morgan fingerprint density at radius 2 is 1.77 bits per heavy atom. The van der Waals surface area contributed by atoms with Crippen LogP contribution in [0.3, 0.4) is 0 Å². The van der Waals surface area contributed by atoms with Crippen LogP contribution in [0.2, 0.25) is 0 Å². The summed E-state index contributed by atoms with van der Waals surface area (Å²) < 4.78 is 23.3. The van der Waals surface area contributed by atoms with E-state index >= 15 is 0 Å². The van der Waals surface area contributed by atoms with Crippen molar-refractivity contribution in [2.45, 2.75) is 70.6 Å². The topological polar surface area (TPSA) is 63.2 Å². The number of carbonyl (C=O) groups excluding carboxylic acids is 1. The molecule has 22 heavy (non-hydrogen) atoms. The van der Waals surface area contributed by atoms with Gasteiger partial charge in [0.25, 0.3) is 0 Å². The molecule has 5 heteroatoms. The van der Waals surface area contributed by atoms with Crippen LogP contribution in [-0.4, -0.2) is 31.9 Å². The van der Waals surface area contributed by atoms with Gasteiger partial charge in [0.2, 0.25) is 5.91 Å². The highest BCUT2D eigenvalue weighted by molar-refractivity contribution is 7.91. The second kappa shape index (κ2) is 6.90. The van der Waals surface area contributed by atoms with Gasteiger partial charge in [-0.3, -0.25) is 4.79 Å². The van der Waals surface area contributed by atoms with Crippen LogP contribution in [-0.2, 0) is 14.6 Å². The van der Waals surface area contributed by atoms with E-state index in [0.717, 1.165) is 19.3 Å². The summed E-state index contributed by atoms with van der Waals surface area (Å²) in [6.45, 7) is 6.64. The number of hydrogen-bond donors (Lipinski definition) is 1. The SMILES string of the molecule is CC(C)[C@@H]1CC[C@@H](C)C[C@H]1C(=O)NC1CCC(S(C)(=O)=O)C1. The highest BCUT2D eigenvalue weighted by atomic mass is 32.2. The molecule has 2 rings (SSSR count). The molecule has 5 atom stereocenters. The van der Waals surface area contributed by atoms with Gasteiger partial charge in [0, 0.05) is 18.2 Å². The Morgan fingerprint density at radius 1 is 1.09 bits per heavy atom. The number of nitrogens with one attached hydrogen (secondary N) is 1. The molecule has 1 N–H and O–H groups in total. The van der Waals surface area contributed by atoms with Gasteiger partial charge in [0.1, 0.15) is 9.84 Å². The van der Waals surface area contributed by atoms with Crippen LogP contribution in [0.4, 0.5) is 0 Å². The summed E-state index contributed by atoms with van der Waals surface area (Å²) in [5.74, 6) is 1.85. The van der Waals surface area contributed by atoms with Gasteiger partial charge in [0.15, 0.2) is 0 Å². The molecule has 0 aromatic rings. The molecule has 0 aromatic carbocycles. The molecular formula is C17H31NO3S. The van der Waals surface area contributed by atoms with E-state index in [-0.39, 0.29) is 23.1 Å².